The van der Waals surface area contributed by atoms with Gasteiger partial charge >= 0.3 is 0 Å². The third-order valence-electron chi connectivity index (χ3n) is 3.31. The van der Waals surface area contributed by atoms with Gasteiger partial charge in [-0.25, -0.2) is 4.39 Å². The minimum atomic E-state index is -0.336. The zero-order valence-corrected chi connectivity index (χ0v) is 8.94. The van der Waals surface area contributed by atoms with Crippen molar-refractivity contribution in [3.8, 4) is 5.75 Å². The van der Waals surface area contributed by atoms with Crippen LogP contribution in [0.25, 0.3) is 0 Å². The minimum absolute atomic E-state index is 0.0121. The van der Waals surface area contributed by atoms with Gasteiger partial charge < -0.3 is 9.64 Å². The van der Waals surface area contributed by atoms with Crippen molar-refractivity contribution < 1.29 is 13.9 Å². The van der Waals surface area contributed by atoms with E-state index in [1.165, 1.54) is 6.07 Å². The number of amides is 1. The van der Waals surface area contributed by atoms with Crippen LogP contribution in [0.4, 0.5) is 4.39 Å². The summed E-state index contributed by atoms with van der Waals surface area (Å²) >= 11 is 0. The van der Waals surface area contributed by atoms with Crippen molar-refractivity contribution in [3.05, 3.63) is 29.6 Å². The van der Waals surface area contributed by atoms with Crippen LogP contribution in [0.1, 0.15) is 24.9 Å². The van der Waals surface area contributed by atoms with Gasteiger partial charge in [-0.05, 0) is 6.07 Å². The van der Waals surface area contributed by atoms with E-state index in [0.717, 1.165) is 12.0 Å². The van der Waals surface area contributed by atoms with Gasteiger partial charge in [-0.1, -0.05) is 12.1 Å². The van der Waals surface area contributed by atoms with Gasteiger partial charge in [0, 0.05) is 18.9 Å². The lowest BCUT2D eigenvalue weighted by atomic mass is 10.00. The van der Waals surface area contributed by atoms with Crippen LogP contribution in [0.5, 0.6) is 5.75 Å². The van der Waals surface area contributed by atoms with Crippen LogP contribution in [0.2, 0.25) is 0 Å². The van der Waals surface area contributed by atoms with E-state index >= 15 is 0 Å². The Bertz CT molecular complexity index is 460. The summed E-state index contributed by atoms with van der Waals surface area (Å²) in [5.74, 6) is 0.0123. The molecule has 2 aliphatic rings. The number of carbonyl (C=O) groups is 1. The normalized spacial score (nSPS) is 26.2. The van der Waals surface area contributed by atoms with Gasteiger partial charge in [-0.2, -0.15) is 0 Å². The first-order valence-electron chi connectivity index (χ1n) is 5.39. The summed E-state index contributed by atoms with van der Waals surface area (Å²) in [7, 11) is 0. The highest BCUT2D eigenvalue weighted by atomic mass is 19.1. The predicted molar refractivity (Wildman–Crippen MR) is 55.6 cm³/mol. The number of carbonyl (C=O) groups excluding carboxylic acids is 1. The molecule has 0 aliphatic carbocycles. The third-order valence-corrected chi connectivity index (χ3v) is 3.31. The van der Waals surface area contributed by atoms with Crippen LogP contribution < -0.4 is 4.74 Å². The SMILES string of the molecule is CC(=O)N1C[C@@H]2C[C@H]1c1cccc(F)c1O2. The summed E-state index contributed by atoms with van der Waals surface area (Å²) in [6.07, 6.45) is 0.717. The van der Waals surface area contributed by atoms with Crippen LogP contribution in [0.3, 0.4) is 0 Å². The lowest BCUT2D eigenvalue weighted by Crippen LogP contribution is -2.28. The molecule has 1 fully saturated rings. The molecule has 4 heteroatoms. The molecule has 1 aromatic carbocycles. The van der Waals surface area contributed by atoms with Gasteiger partial charge in [0.05, 0.1) is 12.6 Å². The van der Waals surface area contributed by atoms with E-state index in [0.29, 0.717) is 12.3 Å². The molecular weight excluding hydrogens is 209 g/mol. The Morgan fingerprint density at radius 3 is 3.12 bits per heavy atom. The summed E-state index contributed by atoms with van der Waals surface area (Å²) < 4.78 is 19.1. The van der Waals surface area contributed by atoms with E-state index in [-0.39, 0.29) is 23.9 Å². The molecule has 0 N–H and O–H groups in total. The lowest BCUT2D eigenvalue weighted by molar-refractivity contribution is -0.129. The molecule has 1 aromatic rings. The van der Waals surface area contributed by atoms with Crippen molar-refractivity contribution in [1.29, 1.82) is 0 Å². The van der Waals surface area contributed by atoms with Crippen LogP contribution in [0, 0.1) is 5.82 Å². The number of hydrogen-bond acceptors (Lipinski definition) is 2. The van der Waals surface area contributed by atoms with Gasteiger partial charge in [0.1, 0.15) is 6.10 Å². The van der Waals surface area contributed by atoms with Gasteiger partial charge in [0.25, 0.3) is 0 Å². The summed E-state index contributed by atoms with van der Waals surface area (Å²) in [4.78, 5) is 13.2. The molecule has 2 bridgehead atoms. The smallest absolute Gasteiger partial charge is 0.220 e. The van der Waals surface area contributed by atoms with Gasteiger partial charge in [-0.15, -0.1) is 0 Å². The van der Waals surface area contributed by atoms with Crippen LogP contribution in [0.15, 0.2) is 18.2 Å². The van der Waals surface area contributed by atoms with Crippen molar-refractivity contribution in [1.82, 2.24) is 4.90 Å². The molecule has 84 valence electrons. The largest absolute Gasteiger partial charge is 0.485 e. The lowest BCUT2D eigenvalue weighted by Gasteiger charge is -2.26. The Morgan fingerprint density at radius 2 is 2.38 bits per heavy atom. The molecule has 0 spiro atoms. The Labute approximate surface area is 92.8 Å². The average Bonchev–Trinajstić information content (AvgIpc) is 2.59. The molecular formula is C12H12FNO2. The van der Waals surface area contributed by atoms with Gasteiger partial charge in [-0.3, -0.25) is 4.79 Å². The zero-order chi connectivity index (χ0) is 11.3. The molecule has 3 rings (SSSR count). The minimum Gasteiger partial charge on any atom is -0.485 e. The number of nitrogens with zero attached hydrogens (tertiary/aromatic N) is 1. The summed E-state index contributed by atoms with van der Waals surface area (Å²) in [5, 5.41) is 0. The second kappa shape index (κ2) is 3.20. The Morgan fingerprint density at radius 1 is 1.56 bits per heavy atom. The van der Waals surface area contributed by atoms with Crippen molar-refractivity contribution in [2.75, 3.05) is 6.54 Å². The topological polar surface area (TPSA) is 29.5 Å². The highest BCUT2D eigenvalue weighted by molar-refractivity contribution is 5.74. The van der Waals surface area contributed by atoms with Gasteiger partial charge in [0.15, 0.2) is 11.6 Å². The van der Waals surface area contributed by atoms with Crippen LogP contribution in [-0.4, -0.2) is 23.5 Å². The number of ether oxygens (including phenoxy) is 1. The van der Waals surface area contributed by atoms with Crippen molar-refractivity contribution in [2.24, 2.45) is 0 Å². The molecule has 0 unspecified atom stereocenters. The number of para-hydroxylation sites is 1. The highest BCUT2D eigenvalue weighted by Gasteiger charge is 2.42. The standard InChI is InChI=1S/C12H12FNO2/c1-7(15)14-6-8-5-11(14)9-3-2-4-10(13)12(9)16-8/h2-4,8,11H,5-6H2,1H3/t8-,11-/m0/s1. The maximum Gasteiger partial charge on any atom is 0.220 e. The van der Waals surface area contributed by atoms with E-state index in [1.54, 1.807) is 17.9 Å². The number of rotatable bonds is 0. The van der Waals surface area contributed by atoms with Crippen LogP contribution in [-0.2, 0) is 4.79 Å². The molecule has 2 heterocycles. The summed E-state index contributed by atoms with van der Waals surface area (Å²) in [6.45, 7) is 2.10. The number of halogens is 1. The quantitative estimate of drug-likeness (QED) is 0.669. The second-order valence-corrected chi connectivity index (χ2v) is 4.32. The molecule has 1 saturated heterocycles. The fraction of sp³-hybridized carbons (Fsp3) is 0.417. The Hall–Kier alpha value is -1.58. The van der Waals surface area contributed by atoms with E-state index in [4.69, 9.17) is 4.74 Å². The molecule has 2 atom stereocenters. The predicted octanol–water partition coefficient (Wildman–Crippen LogP) is 1.88. The van der Waals surface area contributed by atoms with Crippen molar-refractivity contribution in [2.45, 2.75) is 25.5 Å². The fourth-order valence-corrected chi connectivity index (χ4v) is 2.60. The Kier molecular flexibility index (Phi) is 1.93. The zero-order valence-electron chi connectivity index (χ0n) is 8.94. The van der Waals surface area contributed by atoms with Crippen molar-refractivity contribution >= 4 is 5.91 Å². The number of fused-ring (bicyclic) bond motifs is 4. The third kappa shape index (κ3) is 1.22. The maximum absolute atomic E-state index is 13.5. The molecule has 2 aliphatic heterocycles. The highest BCUT2D eigenvalue weighted by Crippen LogP contribution is 2.44. The van der Waals surface area contributed by atoms with E-state index in [2.05, 4.69) is 0 Å². The monoisotopic (exact) mass is 221 g/mol. The second-order valence-electron chi connectivity index (χ2n) is 4.32. The molecule has 0 saturated carbocycles. The molecule has 3 nitrogen and oxygen atoms in total. The average molecular weight is 221 g/mol. The van der Waals surface area contributed by atoms with E-state index in [9.17, 15) is 9.18 Å². The fourth-order valence-electron chi connectivity index (χ4n) is 2.60. The molecule has 16 heavy (non-hydrogen) atoms. The molecule has 0 aromatic heterocycles. The molecule has 1 amide bonds. The first-order valence-corrected chi connectivity index (χ1v) is 5.39. The molecule has 0 radical (unpaired) electrons. The Balaban J connectivity index is 2.09. The van der Waals surface area contributed by atoms with Crippen molar-refractivity contribution in [3.63, 3.8) is 0 Å². The van der Waals surface area contributed by atoms with Gasteiger partial charge in [0.2, 0.25) is 5.91 Å². The van der Waals surface area contributed by atoms with E-state index < -0.39 is 0 Å². The van der Waals surface area contributed by atoms with E-state index in [1.807, 2.05) is 6.07 Å². The first kappa shape index (κ1) is 9.63. The summed E-state index contributed by atoms with van der Waals surface area (Å²) in [6, 6.07) is 4.87. The summed E-state index contributed by atoms with van der Waals surface area (Å²) in [5.41, 5.74) is 0.795. The number of hydrogen-bond donors (Lipinski definition) is 0. The van der Waals surface area contributed by atoms with Crippen LogP contribution >= 0.6 is 0 Å². The maximum atomic E-state index is 13.5. The first-order chi connectivity index (χ1) is 7.66. The number of benzene rings is 1. The number of likely N-dealkylation sites (tertiary alicyclic amines) is 1.